The fourth-order valence-electron chi connectivity index (χ4n) is 1.20. The van der Waals surface area contributed by atoms with Crippen LogP contribution in [-0.4, -0.2) is 11.9 Å². The third-order valence-corrected chi connectivity index (χ3v) is 1.96. The van der Waals surface area contributed by atoms with Crippen LogP contribution in [0.15, 0.2) is 18.2 Å². The SMILES string of the molecule is CC(CC#N)NC(=O)c1c(F)cccc1F. The minimum atomic E-state index is -0.915. The average Bonchev–Trinajstić information content (AvgIpc) is 2.17. The topological polar surface area (TPSA) is 52.9 Å². The molecule has 0 aliphatic rings. The number of carbonyl (C=O) groups excluding carboxylic acids is 1. The molecule has 0 saturated heterocycles. The Bertz CT molecular complexity index is 420. The summed E-state index contributed by atoms with van der Waals surface area (Å²) in [5.74, 6) is -2.68. The molecule has 0 aliphatic heterocycles. The lowest BCUT2D eigenvalue weighted by molar-refractivity contribution is 0.0932. The summed E-state index contributed by atoms with van der Waals surface area (Å²) in [4.78, 5) is 11.5. The first-order chi connectivity index (χ1) is 7.56. The van der Waals surface area contributed by atoms with E-state index in [-0.39, 0.29) is 6.42 Å². The number of halogens is 2. The van der Waals surface area contributed by atoms with Gasteiger partial charge in [-0.1, -0.05) is 6.07 Å². The molecule has 0 spiro atoms. The van der Waals surface area contributed by atoms with Crippen LogP contribution in [0.2, 0.25) is 0 Å². The van der Waals surface area contributed by atoms with Crippen molar-refractivity contribution >= 4 is 5.91 Å². The van der Waals surface area contributed by atoms with Gasteiger partial charge in [-0.15, -0.1) is 0 Å². The van der Waals surface area contributed by atoms with Gasteiger partial charge in [0.2, 0.25) is 0 Å². The van der Waals surface area contributed by atoms with Gasteiger partial charge in [0.1, 0.15) is 17.2 Å². The Morgan fingerprint density at radius 1 is 1.50 bits per heavy atom. The van der Waals surface area contributed by atoms with Crippen molar-refractivity contribution in [1.29, 1.82) is 5.26 Å². The summed E-state index contributed by atoms with van der Waals surface area (Å²) in [7, 11) is 0. The van der Waals surface area contributed by atoms with Crippen molar-refractivity contribution < 1.29 is 13.6 Å². The van der Waals surface area contributed by atoms with E-state index in [9.17, 15) is 13.6 Å². The number of hydrogen-bond acceptors (Lipinski definition) is 2. The van der Waals surface area contributed by atoms with E-state index in [1.165, 1.54) is 6.07 Å². The zero-order valence-corrected chi connectivity index (χ0v) is 8.63. The van der Waals surface area contributed by atoms with Gasteiger partial charge in [0, 0.05) is 6.04 Å². The molecule has 1 aromatic carbocycles. The van der Waals surface area contributed by atoms with Gasteiger partial charge >= 0.3 is 0 Å². The van der Waals surface area contributed by atoms with Gasteiger partial charge in [-0.2, -0.15) is 5.26 Å². The fourth-order valence-corrected chi connectivity index (χ4v) is 1.20. The second-order valence-corrected chi connectivity index (χ2v) is 3.33. The molecule has 0 bridgehead atoms. The van der Waals surface area contributed by atoms with Crippen molar-refractivity contribution in [2.45, 2.75) is 19.4 Å². The number of nitriles is 1. The molecule has 1 aromatic rings. The number of nitrogens with one attached hydrogen (secondary N) is 1. The number of carbonyl (C=O) groups is 1. The van der Waals surface area contributed by atoms with E-state index in [4.69, 9.17) is 5.26 Å². The lowest BCUT2D eigenvalue weighted by Crippen LogP contribution is -2.33. The van der Waals surface area contributed by atoms with Crippen molar-refractivity contribution in [2.24, 2.45) is 0 Å². The van der Waals surface area contributed by atoms with E-state index >= 15 is 0 Å². The summed E-state index contributed by atoms with van der Waals surface area (Å²) in [5.41, 5.74) is -0.618. The molecular formula is C11H10F2N2O. The molecule has 1 N–H and O–H groups in total. The third kappa shape index (κ3) is 2.76. The Morgan fingerprint density at radius 2 is 2.06 bits per heavy atom. The van der Waals surface area contributed by atoms with Crippen molar-refractivity contribution in [3.63, 3.8) is 0 Å². The fraction of sp³-hybridized carbons (Fsp3) is 0.273. The Balaban J connectivity index is 2.85. The summed E-state index contributed by atoms with van der Waals surface area (Å²) >= 11 is 0. The zero-order valence-electron chi connectivity index (χ0n) is 8.63. The number of hydrogen-bond donors (Lipinski definition) is 1. The lowest BCUT2D eigenvalue weighted by atomic mass is 10.1. The molecule has 3 nitrogen and oxygen atoms in total. The Labute approximate surface area is 91.7 Å². The molecule has 0 saturated carbocycles. The maximum atomic E-state index is 13.2. The Kier molecular flexibility index (Phi) is 3.95. The van der Waals surface area contributed by atoms with E-state index in [0.717, 1.165) is 12.1 Å². The predicted molar refractivity (Wildman–Crippen MR) is 53.5 cm³/mol. The first kappa shape index (κ1) is 12.1. The molecule has 0 aromatic heterocycles. The van der Waals surface area contributed by atoms with Gasteiger partial charge in [-0.25, -0.2) is 8.78 Å². The van der Waals surface area contributed by atoms with Gasteiger partial charge in [0.25, 0.3) is 5.91 Å². The van der Waals surface area contributed by atoms with Crippen molar-refractivity contribution in [2.75, 3.05) is 0 Å². The molecule has 0 fully saturated rings. The van der Waals surface area contributed by atoms with Gasteiger partial charge in [0.15, 0.2) is 0 Å². The molecule has 1 atom stereocenters. The van der Waals surface area contributed by atoms with E-state index in [1.807, 2.05) is 6.07 Å². The number of benzene rings is 1. The standard InChI is InChI=1S/C11H10F2N2O/c1-7(5-6-14)15-11(16)10-8(12)3-2-4-9(10)13/h2-4,7H,5H2,1H3,(H,15,16). The molecular weight excluding hydrogens is 214 g/mol. The summed E-state index contributed by atoms with van der Waals surface area (Å²) in [6.07, 6.45) is 0.0851. The molecule has 16 heavy (non-hydrogen) atoms. The second-order valence-electron chi connectivity index (χ2n) is 3.33. The normalized spacial score (nSPS) is 11.6. The molecule has 5 heteroatoms. The highest BCUT2D eigenvalue weighted by Gasteiger charge is 2.18. The van der Waals surface area contributed by atoms with Crippen LogP contribution in [0, 0.1) is 23.0 Å². The van der Waals surface area contributed by atoms with Crippen LogP contribution >= 0.6 is 0 Å². The van der Waals surface area contributed by atoms with Gasteiger partial charge in [-0.3, -0.25) is 4.79 Å². The minimum absolute atomic E-state index is 0.0851. The highest BCUT2D eigenvalue weighted by atomic mass is 19.1. The molecule has 84 valence electrons. The maximum absolute atomic E-state index is 13.2. The van der Waals surface area contributed by atoms with Crippen LogP contribution in [0.4, 0.5) is 8.78 Å². The first-order valence-electron chi connectivity index (χ1n) is 4.68. The summed E-state index contributed by atoms with van der Waals surface area (Å²) in [6.45, 7) is 1.58. The number of amides is 1. The van der Waals surface area contributed by atoms with Gasteiger partial charge < -0.3 is 5.32 Å². The van der Waals surface area contributed by atoms with Crippen molar-refractivity contribution in [3.05, 3.63) is 35.4 Å². The van der Waals surface area contributed by atoms with E-state index in [0.29, 0.717) is 0 Å². The molecule has 1 unspecified atom stereocenters. The zero-order chi connectivity index (χ0) is 12.1. The van der Waals surface area contributed by atoms with E-state index in [2.05, 4.69) is 5.32 Å². The molecule has 1 amide bonds. The maximum Gasteiger partial charge on any atom is 0.257 e. The van der Waals surface area contributed by atoms with Gasteiger partial charge in [0.05, 0.1) is 12.5 Å². The van der Waals surface area contributed by atoms with Crippen LogP contribution in [0.25, 0.3) is 0 Å². The smallest absolute Gasteiger partial charge is 0.257 e. The molecule has 0 aliphatic carbocycles. The Hall–Kier alpha value is -1.96. The monoisotopic (exact) mass is 224 g/mol. The minimum Gasteiger partial charge on any atom is -0.348 e. The molecule has 0 radical (unpaired) electrons. The average molecular weight is 224 g/mol. The number of nitrogens with zero attached hydrogens (tertiary/aromatic N) is 1. The summed E-state index contributed by atoms with van der Waals surface area (Å²) < 4.78 is 26.3. The van der Waals surface area contributed by atoms with Crippen LogP contribution in [0.3, 0.4) is 0 Å². The third-order valence-electron chi connectivity index (χ3n) is 1.96. The molecule has 0 heterocycles. The highest BCUT2D eigenvalue weighted by Crippen LogP contribution is 2.12. The van der Waals surface area contributed by atoms with E-state index < -0.39 is 29.1 Å². The summed E-state index contributed by atoms with van der Waals surface area (Å²) in [6, 6.07) is 4.60. The lowest BCUT2D eigenvalue weighted by Gasteiger charge is -2.11. The van der Waals surface area contributed by atoms with Gasteiger partial charge in [-0.05, 0) is 19.1 Å². The van der Waals surface area contributed by atoms with Crippen LogP contribution in [0.5, 0.6) is 0 Å². The first-order valence-corrected chi connectivity index (χ1v) is 4.68. The second kappa shape index (κ2) is 5.21. The Morgan fingerprint density at radius 3 is 2.56 bits per heavy atom. The number of rotatable bonds is 3. The predicted octanol–water partition coefficient (Wildman–Crippen LogP) is 2.00. The van der Waals surface area contributed by atoms with E-state index in [1.54, 1.807) is 6.92 Å². The highest BCUT2D eigenvalue weighted by molar-refractivity contribution is 5.94. The largest absolute Gasteiger partial charge is 0.348 e. The van der Waals surface area contributed by atoms with Crippen LogP contribution in [-0.2, 0) is 0 Å². The summed E-state index contributed by atoms with van der Waals surface area (Å²) in [5, 5.41) is 10.7. The van der Waals surface area contributed by atoms with Crippen molar-refractivity contribution in [1.82, 2.24) is 5.32 Å². The quantitative estimate of drug-likeness (QED) is 0.853. The van der Waals surface area contributed by atoms with Crippen LogP contribution in [0.1, 0.15) is 23.7 Å². The molecule has 1 rings (SSSR count). The van der Waals surface area contributed by atoms with Crippen molar-refractivity contribution in [3.8, 4) is 6.07 Å². The van der Waals surface area contributed by atoms with Crippen LogP contribution < -0.4 is 5.32 Å².